The molecule has 1 aliphatic rings. The third-order valence-electron chi connectivity index (χ3n) is 3.42. The number of nitrogens with one attached hydrogen (secondary N) is 2. The van der Waals surface area contributed by atoms with E-state index in [9.17, 15) is 9.59 Å². The number of urea groups is 1. The Labute approximate surface area is 123 Å². The average Bonchev–Trinajstić information content (AvgIpc) is 2.52. The molecular weight excluding hydrogens is 270 g/mol. The first-order chi connectivity index (χ1) is 10.1. The molecule has 0 saturated heterocycles. The molecule has 0 spiro atoms. The first-order valence-corrected chi connectivity index (χ1v) is 7.00. The van der Waals surface area contributed by atoms with Gasteiger partial charge in [-0.25, -0.2) is 9.59 Å². The highest BCUT2D eigenvalue weighted by Crippen LogP contribution is 2.16. The normalized spacial score (nSPS) is 17.2. The van der Waals surface area contributed by atoms with Gasteiger partial charge in [0.2, 0.25) is 0 Å². The fraction of sp³-hybridized carbons (Fsp3) is 0.400. The van der Waals surface area contributed by atoms with Crippen molar-refractivity contribution in [3.63, 3.8) is 0 Å². The van der Waals surface area contributed by atoms with Gasteiger partial charge in [-0.05, 0) is 37.3 Å². The number of carbonyl (C=O) groups is 2. The monoisotopic (exact) mass is 289 g/mol. The number of pyridine rings is 1. The highest BCUT2D eigenvalue weighted by atomic mass is 16.4. The topological polar surface area (TPSA) is 91.3 Å². The van der Waals surface area contributed by atoms with Crippen molar-refractivity contribution in [3.05, 3.63) is 41.7 Å². The highest BCUT2D eigenvalue weighted by molar-refractivity contribution is 5.87. The van der Waals surface area contributed by atoms with Crippen LogP contribution in [-0.4, -0.2) is 28.6 Å². The number of nitrogens with zero attached hydrogens (tertiary/aromatic N) is 1. The second kappa shape index (κ2) is 7.42. The molecule has 0 fully saturated rings. The molecule has 0 radical (unpaired) electrons. The molecule has 1 aromatic rings. The molecule has 1 unspecified atom stereocenters. The zero-order valence-corrected chi connectivity index (χ0v) is 11.7. The summed E-state index contributed by atoms with van der Waals surface area (Å²) in [7, 11) is 0. The van der Waals surface area contributed by atoms with Crippen LogP contribution in [0, 0.1) is 5.92 Å². The molecule has 0 aromatic carbocycles. The van der Waals surface area contributed by atoms with Crippen LogP contribution in [0.5, 0.6) is 0 Å². The van der Waals surface area contributed by atoms with Crippen molar-refractivity contribution in [1.29, 1.82) is 0 Å². The minimum atomic E-state index is -1.01. The van der Waals surface area contributed by atoms with E-state index in [2.05, 4.69) is 27.8 Å². The van der Waals surface area contributed by atoms with Crippen LogP contribution < -0.4 is 10.6 Å². The summed E-state index contributed by atoms with van der Waals surface area (Å²) in [4.78, 5) is 26.6. The van der Waals surface area contributed by atoms with E-state index in [-0.39, 0.29) is 18.1 Å². The van der Waals surface area contributed by atoms with Crippen LogP contribution in [0.25, 0.3) is 0 Å². The van der Waals surface area contributed by atoms with Crippen LogP contribution >= 0.6 is 0 Å². The second-order valence-electron chi connectivity index (χ2n) is 5.06. The molecule has 0 aliphatic heterocycles. The summed E-state index contributed by atoms with van der Waals surface area (Å²) >= 11 is 0. The molecule has 0 saturated carbocycles. The first-order valence-electron chi connectivity index (χ1n) is 7.00. The third kappa shape index (κ3) is 4.91. The summed E-state index contributed by atoms with van der Waals surface area (Å²) in [6, 6.07) is 2.61. The number of carboxylic acids is 1. The van der Waals surface area contributed by atoms with E-state index in [1.54, 1.807) is 0 Å². The molecule has 0 bridgehead atoms. The number of carbonyl (C=O) groups excluding carboxylic acids is 1. The lowest BCUT2D eigenvalue weighted by Crippen LogP contribution is -2.38. The van der Waals surface area contributed by atoms with E-state index < -0.39 is 5.97 Å². The predicted molar refractivity (Wildman–Crippen MR) is 77.9 cm³/mol. The molecule has 112 valence electrons. The lowest BCUT2D eigenvalue weighted by atomic mass is 9.94. The molecule has 6 nitrogen and oxygen atoms in total. The quantitative estimate of drug-likeness (QED) is 0.722. The Balaban J connectivity index is 1.74. The maximum absolute atomic E-state index is 11.7. The molecule has 2 amide bonds. The first kappa shape index (κ1) is 15.0. The number of allylic oxidation sites excluding steroid dienone is 2. The summed E-state index contributed by atoms with van der Waals surface area (Å²) in [6.07, 6.45) is 8.90. The fourth-order valence-electron chi connectivity index (χ4n) is 2.22. The smallest absolute Gasteiger partial charge is 0.335 e. The van der Waals surface area contributed by atoms with Gasteiger partial charge in [0.15, 0.2) is 0 Å². The number of aromatic nitrogens is 1. The van der Waals surface area contributed by atoms with Crippen molar-refractivity contribution < 1.29 is 14.7 Å². The summed E-state index contributed by atoms with van der Waals surface area (Å²) < 4.78 is 0. The van der Waals surface area contributed by atoms with Gasteiger partial charge in [0.1, 0.15) is 0 Å². The van der Waals surface area contributed by atoms with E-state index in [0.717, 1.165) is 19.3 Å². The molecule has 2 rings (SSSR count). The van der Waals surface area contributed by atoms with E-state index in [1.165, 1.54) is 18.3 Å². The number of rotatable bonds is 5. The van der Waals surface area contributed by atoms with E-state index in [0.29, 0.717) is 18.2 Å². The Morgan fingerprint density at radius 1 is 1.33 bits per heavy atom. The number of carboxylic acid groups (broad SMARTS) is 1. The van der Waals surface area contributed by atoms with Crippen molar-refractivity contribution >= 4 is 12.0 Å². The fourth-order valence-corrected chi connectivity index (χ4v) is 2.22. The number of hydrogen-bond acceptors (Lipinski definition) is 3. The summed E-state index contributed by atoms with van der Waals surface area (Å²) in [5.74, 6) is -0.511. The Morgan fingerprint density at radius 3 is 2.90 bits per heavy atom. The Hall–Kier alpha value is -2.37. The van der Waals surface area contributed by atoms with Crippen molar-refractivity contribution in [2.45, 2.75) is 25.8 Å². The van der Waals surface area contributed by atoms with Crippen LogP contribution in [0.4, 0.5) is 4.79 Å². The van der Waals surface area contributed by atoms with Crippen molar-refractivity contribution in [2.75, 3.05) is 6.54 Å². The Morgan fingerprint density at radius 2 is 2.19 bits per heavy atom. The van der Waals surface area contributed by atoms with Crippen LogP contribution in [0.15, 0.2) is 30.5 Å². The van der Waals surface area contributed by atoms with Gasteiger partial charge < -0.3 is 15.7 Å². The molecule has 1 atom stereocenters. The van der Waals surface area contributed by atoms with Crippen LogP contribution in [0.3, 0.4) is 0 Å². The molecule has 1 aromatic heterocycles. The molecular formula is C15H19N3O3. The maximum atomic E-state index is 11.7. The van der Waals surface area contributed by atoms with Crippen molar-refractivity contribution in [1.82, 2.24) is 15.6 Å². The van der Waals surface area contributed by atoms with Gasteiger partial charge >= 0.3 is 12.0 Å². The number of hydrogen-bond donors (Lipinski definition) is 3. The minimum Gasteiger partial charge on any atom is -0.478 e. The Kier molecular flexibility index (Phi) is 5.31. The van der Waals surface area contributed by atoms with Crippen LogP contribution in [0.2, 0.25) is 0 Å². The van der Waals surface area contributed by atoms with Gasteiger partial charge in [0.05, 0.1) is 17.8 Å². The van der Waals surface area contributed by atoms with Gasteiger partial charge in [0, 0.05) is 12.7 Å². The van der Waals surface area contributed by atoms with E-state index in [1.807, 2.05) is 0 Å². The second-order valence-corrected chi connectivity index (χ2v) is 5.06. The van der Waals surface area contributed by atoms with Gasteiger partial charge in [-0.3, -0.25) is 4.98 Å². The summed E-state index contributed by atoms with van der Waals surface area (Å²) in [5, 5.41) is 14.4. The predicted octanol–water partition coefficient (Wildman–Crippen LogP) is 1.94. The Bertz CT molecular complexity index is 543. The lowest BCUT2D eigenvalue weighted by molar-refractivity contribution is 0.0696. The van der Waals surface area contributed by atoms with Crippen molar-refractivity contribution in [2.24, 2.45) is 5.92 Å². The van der Waals surface area contributed by atoms with Gasteiger partial charge in [-0.15, -0.1) is 0 Å². The number of amides is 2. The summed E-state index contributed by atoms with van der Waals surface area (Å²) in [5.41, 5.74) is 0.682. The minimum absolute atomic E-state index is 0.163. The van der Waals surface area contributed by atoms with E-state index >= 15 is 0 Å². The largest absolute Gasteiger partial charge is 0.478 e. The van der Waals surface area contributed by atoms with E-state index in [4.69, 9.17) is 5.11 Å². The average molecular weight is 289 g/mol. The van der Waals surface area contributed by atoms with Crippen molar-refractivity contribution in [3.8, 4) is 0 Å². The molecule has 6 heteroatoms. The van der Waals surface area contributed by atoms with Gasteiger partial charge in [-0.1, -0.05) is 12.2 Å². The third-order valence-corrected chi connectivity index (χ3v) is 3.42. The zero-order valence-electron chi connectivity index (χ0n) is 11.7. The summed E-state index contributed by atoms with van der Waals surface area (Å²) in [6.45, 7) is 0.857. The lowest BCUT2D eigenvalue weighted by Gasteiger charge is -2.18. The molecule has 3 N–H and O–H groups in total. The number of aromatic carboxylic acids is 1. The van der Waals surface area contributed by atoms with Gasteiger partial charge in [0.25, 0.3) is 0 Å². The maximum Gasteiger partial charge on any atom is 0.335 e. The SMILES string of the molecule is O=C(NCc1cc(C(=O)O)ccn1)NCC1CC=CCC1. The molecule has 21 heavy (non-hydrogen) atoms. The van der Waals surface area contributed by atoms with Crippen LogP contribution in [0.1, 0.15) is 35.3 Å². The highest BCUT2D eigenvalue weighted by Gasteiger charge is 2.11. The molecule has 1 heterocycles. The zero-order chi connectivity index (χ0) is 15.1. The molecule has 1 aliphatic carbocycles. The van der Waals surface area contributed by atoms with Gasteiger partial charge in [-0.2, -0.15) is 0 Å². The van der Waals surface area contributed by atoms with Crippen LogP contribution in [-0.2, 0) is 6.54 Å². The standard InChI is InChI=1S/C15H19N3O3/c19-14(20)12-6-7-16-13(8-12)10-18-15(21)17-9-11-4-2-1-3-5-11/h1-2,6-8,11H,3-5,9-10H2,(H,19,20)(H2,17,18,21).